The molecule has 0 bridgehead atoms. The average molecular weight is 322 g/mol. The van der Waals surface area contributed by atoms with Crippen LogP contribution in [0.2, 0.25) is 0 Å². The lowest BCUT2D eigenvalue weighted by atomic mass is 10.3. The van der Waals surface area contributed by atoms with E-state index in [0.29, 0.717) is 0 Å². The molecule has 1 aliphatic heterocycles. The Morgan fingerprint density at radius 3 is 2.90 bits per heavy atom. The van der Waals surface area contributed by atoms with E-state index in [1.54, 1.807) is 22.7 Å². The second-order valence-corrected chi connectivity index (χ2v) is 7.19. The van der Waals surface area contributed by atoms with Crippen LogP contribution in [0.25, 0.3) is 0 Å². The van der Waals surface area contributed by atoms with Gasteiger partial charge in [0, 0.05) is 31.6 Å². The lowest BCUT2D eigenvalue weighted by Crippen LogP contribution is -2.34. The van der Waals surface area contributed by atoms with Crippen molar-refractivity contribution in [1.82, 2.24) is 20.0 Å². The highest BCUT2D eigenvalue weighted by molar-refractivity contribution is 7.11. The first-order chi connectivity index (χ1) is 10.2. The topological polar surface area (TPSA) is 49.3 Å². The van der Waals surface area contributed by atoms with Crippen LogP contribution in [0.5, 0.6) is 0 Å². The smallest absolute Gasteiger partial charge is 0.254 e. The normalized spacial score (nSPS) is 16.9. The number of nitrogens with zero attached hydrogens (tertiary/aromatic N) is 4. The maximum Gasteiger partial charge on any atom is 0.254 e. The summed E-state index contributed by atoms with van der Waals surface area (Å²) in [5.74, 6) is 0.157. The van der Waals surface area contributed by atoms with E-state index >= 15 is 0 Å². The van der Waals surface area contributed by atoms with Crippen LogP contribution in [0.1, 0.15) is 26.8 Å². The third-order valence-electron chi connectivity index (χ3n) is 3.57. The van der Waals surface area contributed by atoms with Gasteiger partial charge in [-0.05, 0) is 24.8 Å². The zero-order valence-electron chi connectivity index (χ0n) is 12.0. The van der Waals surface area contributed by atoms with Crippen LogP contribution in [-0.4, -0.2) is 52.1 Å². The van der Waals surface area contributed by atoms with Crippen LogP contribution in [0.4, 0.5) is 0 Å². The Hall–Kier alpha value is -1.31. The van der Waals surface area contributed by atoms with E-state index in [-0.39, 0.29) is 5.91 Å². The highest BCUT2D eigenvalue weighted by atomic mass is 32.1. The fraction of sp³-hybridized carbons (Fsp3) is 0.500. The van der Waals surface area contributed by atoms with Crippen molar-refractivity contribution in [3.05, 3.63) is 32.4 Å². The number of hydrogen-bond acceptors (Lipinski definition) is 6. The van der Waals surface area contributed by atoms with Crippen molar-refractivity contribution in [2.75, 3.05) is 26.2 Å². The van der Waals surface area contributed by atoms with Gasteiger partial charge >= 0.3 is 0 Å². The maximum atomic E-state index is 12.4. The molecule has 3 heterocycles. The fourth-order valence-electron chi connectivity index (χ4n) is 2.49. The number of carbonyl (C=O) groups is 1. The number of aromatic nitrogens is 2. The Kier molecular flexibility index (Phi) is 4.62. The Morgan fingerprint density at radius 2 is 2.19 bits per heavy atom. The summed E-state index contributed by atoms with van der Waals surface area (Å²) in [6.45, 7) is 6.34. The summed E-state index contributed by atoms with van der Waals surface area (Å²) in [5.41, 5.74) is 0.813. The molecule has 0 saturated carbocycles. The number of aryl methyl sites for hydroxylation is 1. The zero-order chi connectivity index (χ0) is 14.7. The van der Waals surface area contributed by atoms with Gasteiger partial charge in [0.1, 0.15) is 10.0 Å². The molecule has 0 spiro atoms. The lowest BCUT2D eigenvalue weighted by molar-refractivity contribution is 0.0761. The minimum absolute atomic E-state index is 0.157. The maximum absolute atomic E-state index is 12.4. The van der Waals surface area contributed by atoms with Gasteiger partial charge in [-0.1, -0.05) is 0 Å². The standard InChI is InChI=1S/C14H18N4OS2/c1-11-15-16-13(21-11)9-17-4-2-5-18(7-6-17)14(19)12-3-8-20-10-12/h3,8,10H,2,4-7,9H2,1H3. The number of thiophene rings is 1. The molecule has 0 N–H and O–H groups in total. The Labute approximate surface area is 132 Å². The molecule has 0 atom stereocenters. The summed E-state index contributed by atoms with van der Waals surface area (Å²) in [6.07, 6.45) is 1.01. The van der Waals surface area contributed by atoms with Gasteiger partial charge in [0.15, 0.2) is 0 Å². The van der Waals surface area contributed by atoms with Crippen LogP contribution in [-0.2, 0) is 6.54 Å². The Bertz CT molecular complexity index is 596. The zero-order valence-corrected chi connectivity index (χ0v) is 13.6. The number of hydrogen-bond donors (Lipinski definition) is 0. The molecule has 7 heteroatoms. The van der Waals surface area contributed by atoms with Crippen molar-refractivity contribution in [1.29, 1.82) is 0 Å². The fourth-order valence-corrected chi connectivity index (χ4v) is 3.87. The molecule has 0 aliphatic carbocycles. The molecule has 1 saturated heterocycles. The van der Waals surface area contributed by atoms with E-state index in [9.17, 15) is 4.79 Å². The van der Waals surface area contributed by atoms with Crippen molar-refractivity contribution < 1.29 is 4.79 Å². The number of rotatable bonds is 3. The van der Waals surface area contributed by atoms with Gasteiger partial charge in [-0.25, -0.2) is 0 Å². The molecule has 2 aromatic heterocycles. The Balaban J connectivity index is 1.58. The van der Waals surface area contributed by atoms with Crippen LogP contribution in [0, 0.1) is 6.92 Å². The molecular weight excluding hydrogens is 304 g/mol. The lowest BCUT2D eigenvalue weighted by Gasteiger charge is -2.21. The van der Waals surface area contributed by atoms with Gasteiger partial charge in [-0.15, -0.1) is 21.5 Å². The van der Waals surface area contributed by atoms with Crippen molar-refractivity contribution in [3.63, 3.8) is 0 Å². The second kappa shape index (κ2) is 6.64. The van der Waals surface area contributed by atoms with Crippen LogP contribution < -0.4 is 0 Å². The van der Waals surface area contributed by atoms with E-state index < -0.39 is 0 Å². The molecule has 0 aromatic carbocycles. The molecule has 112 valence electrons. The largest absolute Gasteiger partial charge is 0.337 e. The summed E-state index contributed by atoms with van der Waals surface area (Å²) in [6, 6.07) is 1.90. The molecule has 0 radical (unpaired) electrons. The summed E-state index contributed by atoms with van der Waals surface area (Å²) in [5, 5.41) is 14.2. The first kappa shape index (κ1) is 14.6. The van der Waals surface area contributed by atoms with E-state index in [4.69, 9.17) is 0 Å². The highest BCUT2D eigenvalue weighted by Crippen LogP contribution is 2.15. The molecule has 21 heavy (non-hydrogen) atoms. The van der Waals surface area contributed by atoms with Crippen molar-refractivity contribution in [3.8, 4) is 0 Å². The first-order valence-electron chi connectivity index (χ1n) is 7.05. The third kappa shape index (κ3) is 3.66. The summed E-state index contributed by atoms with van der Waals surface area (Å²) < 4.78 is 0. The van der Waals surface area contributed by atoms with Crippen molar-refractivity contribution >= 4 is 28.6 Å². The number of carbonyl (C=O) groups excluding carboxylic acids is 1. The van der Waals surface area contributed by atoms with Crippen LogP contribution in [0.15, 0.2) is 16.8 Å². The van der Waals surface area contributed by atoms with Gasteiger partial charge in [0.25, 0.3) is 5.91 Å². The predicted octanol–water partition coefficient (Wildman–Crippen LogP) is 2.26. The summed E-state index contributed by atoms with van der Waals surface area (Å²) >= 11 is 3.22. The quantitative estimate of drug-likeness (QED) is 0.870. The molecule has 1 fully saturated rings. The molecular formula is C14H18N4OS2. The highest BCUT2D eigenvalue weighted by Gasteiger charge is 2.21. The van der Waals surface area contributed by atoms with Gasteiger partial charge in [-0.2, -0.15) is 11.3 Å². The predicted molar refractivity (Wildman–Crippen MR) is 84.8 cm³/mol. The molecule has 0 unspecified atom stereocenters. The van der Waals surface area contributed by atoms with E-state index in [1.165, 1.54) is 0 Å². The molecule has 5 nitrogen and oxygen atoms in total. The van der Waals surface area contributed by atoms with Gasteiger partial charge in [0.05, 0.1) is 12.1 Å². The minimum Gasteiger partial charge on any atom is -0.337 e. The second-order valence-electron chi connectivity index (χ2n) is 5.15. The van der Waals surface area contributed by atoms with E-state index in [2.05, 4.69) is 15.1 Å². The van der Waals surface area contributed by atoms with Gasteiger partial charge < -0.3 is 4.90 Å². The summed E-state index contributed by atoms with van der Waals surface area (Å²) in [4.78, 5) is 16.7. The minimum atomic E-state index is 0.157. The van der Waals surface area contributed by atoms with E-state index in [0.717, 1.165) is 54.7 Å². The van der Waals surface area contributed by atoms with Crippen LogP contribution >= 0.6 is 22.7 Å². The van der Waals surface area contributed by atoms with Gasteiger partial charge in [-0.3, -0.25) is 9.69 Å². The SMILES string of the molecule is Cc1nnc(CN2CCCN(C(=O)c3ccsc3)CC2)s1. The van der Waals surface area contributed by atoms with Gasteiger partial charge in [0.2, 0.25) is 0 Å². The number of amides is 1. The first-order valence-corrected chi connectivity index (χ1v) is 8.81. The molecule has 1 amide bonds. The average Bonchev–Trinajstić information content (AvgIpc) is 3.08. The van der Waals surface area contributed by atoms with E-state index in [1.807, 2.05) is 28.7 Å². The molecule has 2 aromatic rings. The van der Waals surface area contributed by atoms with Crippen molar-refractivity contribution in [2.45, 2.75) is 19.9 Å². The van der Waals surface area contributed by atoms with Crippen LogP contribution in [0.3, 0.4) is 0 Å². The summed E-state index contributed by atoms with van der Waals surface area (Å²) in [7, 11) is 0. The third-order valence-corrected chi connectivity index (χ3v) is 5.08. The van der Waals surface area contributed by atoms with Crippen molar-refractivity contribution in [2.24, 2.45) is 0 Å². The molecule has 1 aliphatic rings. The monoisotopic (exact) mass is 322 g/mol. The Morgan fingerprint density at radius 1 is 1.29 bits per heavy atom. The molecule has 3 rings (SSSR count).